The summed E-state index contributed by atoms with van der Waals surface area (Å²) in [6.07, 6.45) is 0. The van der Waals surface area contributed by atoms with Gasteiger partial charge in [0.25, 0.3) is 15.6 Å². The third kappa shape index (κ3) is 1.59. The molecule has 0 fully saturated rings. The van der Waals surface area contributed by atoms with Crippen LogP contribution in [0.25, 0.3) is 16.3 Å². The fourth-order valence-corrected chi connectivity index (χ4v) is 5.28. The molecule has 3 heterocycles. The van der Waals surface area contributed by atoms with Crippen LogP contribution >= 0.6 is 11.3 Å². The van der Waals surface area contributed by atoms with E-state index < -0.39 is 15.6 Å². The Kier molecular flexibility index (Phi) is 2.63. The molecule has 0 radical (unpaired) electrons. The second-order valence-electron chi connectivity index (χ2n) is 4.90. The number of para-hydroxylation sites is 1. The highest BCUT2D eigenvalue weighted by molar-refractivity contribution is 7.93. The van der Waals surface area contributed by atoms with Gasteiger partial charge in [0.1, 0.15) is 16.3 Å². The van der Waals surface area contributed by atoms with Gasteiger partial charge < -0.3 is 0 Å². The number of aromatic amines is 1. The summed E-state index contributed by atoms with van der Waals surface area (Å²) in [4.78, 5) is 13.1. The fraction of sp³-hybridized carbons (Fsp3) is 0.0714. The zero-order valence-corrected chi connectivity index (χ0v) is 13.1. The minimum atomic E-state index is -3.67. The average Bonchev–Trinajstić information content (AvgIpc) is 3.11. The van der Waals surface area contributed by atoms with Crippen LogP contribution in [0.15, 0.2) is 51.5 Å². The predicted octanol–water partition coefficient (Wildman–Crippen LogP) is 2.03. The molecule has 0 unspecified atom stereocenters. The first-order valence-electron chi connectivity index (χ1n) is 6.49. The summed E-state index contributed by atoms with van der Waals surface area (Å²) in [7, 11) is -2.27. The molecule has 1 N–H and O–H groups in total. The standard InChI is InChI=1S/C14H11N3O3S2/c1-16-12-11(13-10(7-8-21-13)22(16,19)20)17(15-14(12)18)9-5-3-2-4-6-9/h2-8H,1H3,(H,15,18). The monoisotopic (exact) mass is 333 g/mol. The van der Waals surface area contributed by atoms with Crippen LogP contribution in [0.4, 0.5) is 5.69 Å². The van der Waals surface area contributed by atoms with Gasteiger partial charge >= 0.3 is 0 Å². The molecule has 0 amide bonds. The summed E-state index contributed by atoms with van der Waals surface area (Å²) >= 11 is 1.31. The molecular formula is C14H11N3O3S2. The first-order valence-corrected chi connectivity index (χ1v) is 8.81. The lowest BCUT2D eigenvalue weighted by molar-refractivity contribution is 0.594. The molecule has 112 valence electrons. The molecule has 6 nitrogen and oxygen atoms in total. The van der Waals surface area contributed by atoms with Gasteiger partial charge in [0.2, 0.25) is 0 Å². The van der Waals surface area contributed by atoms with Gasteiger partial charge in [-0.15, -0.1) is 11.3 Å². The minimum absolute atomic E-state index is 0.152. The van der Waals surface area contributed by atoms with Crippen molar-refractivity contribution in [1.29, 1.82) is 0 Å². The van der Waals surface area contributed by atoms with Gasteiger partial charge in [0, 0.05) is 7.05 Å². The molecule has 0 aliphatic carbocycles. The predicted molar refractivity (Wildman–Crippen MR) is 85.3 cm³/mol. The molecule has 22 heavy (non-hydrogen) atoms. The van der Waals surface area contributed by atoms with E-state index in [1.54, 1.807) is 16.1 Å². The number of fused-ring (bicyclic) bond motifs is 3. The number of nitrogens with one attached hydrogen (secondary N) is 1. The molecule has 0 spiro atoms. The van der Waals surface area contributed by atoms with E-state index in [2.05, 4.69) is 5.10 Å². The van der Waals surface area contributed by atoms with Gasteiger partial charge in [-0.3, -0.25) is 14.2 Å². The van der Waals surface area contributed by atoms with Crippen molar-refractivity contribution in [3.63, 3.8) is 0 Å². The molecule has 8 heteroatoms. The van der Waals surface area contributed by atoms with Crippen LogP contribution < -0.4 is 9.86 Å². The molecule has 4 rings (SSSR count). The van der Waals surface area contributed by atoms with Crippen LogP contribution in [0.5, 0.6) is 0 Å². The summed E-state index contributed by atoms with van der Waals surface area (Å²) < 4.78 is 27.7. The quantitative estimate of drug-likeness (QED) is 0.740. The Morgan fingerprint density at radius 1 is 1.14 bits per heavy atom. The number of rotatable bonds is 1. The SMILES string of the molecule is CN1c2c(n(-c3ccccc3)[nH]c2=O)-c2sccc2S1(=O)=O. The fourth-order valence-electron chi connectivity index (χ4n) is 2.64. The number of anilines is 1. The minimum Gasteiger partial charge on any atom is -0.266 e. The van der Waals surface area contributed by atoms with Crippen LogP contribution in [0.1, 0.15) is 0 Å². The highest BCUT2D eigenvalue weighted by atomic mass is 32.2. The lowest BCUT2D eigenvalue weighted by Gasteiger charge is -2.24. The smallest absolute Gasteiger partial charge is 0.266 e. The number of thiophene rings is 1. The number of sulfonamides is 1. The summed E-state index contributed by atoms with van der Waals surface area (Å²) in [5.41, 5.74) is 1.08. The van der Waals surface area contributed by atoms with E-state index in [1.165, 1.54) is 18.4 Å². The second-order valence-corrected chi connectivity index (χ2v) is 7.75. The molecule has 1 aromatic carbocycles. The van der Waals surface area contributed by atoms with E-state index in [4.69, 9.17) is 0 Å². The van der Waals surface area contributed by atoms with Gasteiger partial charge in [0.05, 0.1) is 10.6 Å². The first kappa shape index (κ1) is 13.4. The maximum absolute atomic E-state index is 12.5. The van der Waals surface area contributed by atoms with Crippen molar-refractivity contribution >= 4 is 27.0 Å². The van der Waals surface area contributed by atoms with Crippen molar-refractivity contribution in [3.05, 3.63) is 52.1 Å². The molecule has 3 aromatic rings. The van der Waals surface area contributed by atoms with Gasteiger partial charge in [-0.1, -0.05) is 18.2 Å². The van der Waals surface area contributed by atoms with Crippen LogP contribution in [0.3, 0.4) is 0 Å². The largest absolute Gasteiger partial charge is 0.289 e. The van der Waals surface area contributed by atoms with Gasteiger partial charge in [-0.05, 0) is 23.6 Å². The van der Waals surface area contributed by atoms with Gasteiger partial charge in [0.15, 0.2) is 0 Å². The molecule has 0 bridgehead atoms. The Bertz CT molecular complexity index is 1030. The summed E-state index contributed by atoms with van der Waals surface area (Å²) in [6, 6.07) is 10.9. The number of aromatic nitrogens is 2. The molecule has 0 atom stereocenters. The van der Waals surface area contributed by atoms with Crippen molar-refractivity contribution in [3.8, 4) is 16.3 Å². The van der Waals surface area contributed by atoms with E-state index in [1.807, 2.05) is 30.3 Å². The Morgan fingerprint density at radius 3 is 2.59 bits per heavy atom. The van der Waals surface area contributed by atoms with Crippen LogP contribution in [-0.2, 0) is 10.0 Å². The van der Waals surface area contributed by atoms with E-state index in [0.29, 0.717) is 10.6 Å². The van der Waals surface area contributed by atoms with E-state index in [-0.39, 0.29) is 10.6 Å². The average molecular weight is 333 g/mol. The van der Waals surface area contributed by atoms with E-state index in [9.17, 15) is 13.2 Å². The number of H-pyrrole nitrogens is 1. The lowest BCUT2D eigenvalue weighted by atomic mass is 10.2. The third-order valence-electron chi connectivity index (χ3n) is 3.69. The number of hydrogen-bond donors (Lipinski definition) is 1. The Hall–Kier alpha value is -2.32. The molecule has 1 aliphatic heterocycles. The molecule has 0 saturated heterocycles. The first-order chi connectivity index (χ1) is 10.5. The van der Waals surface area contributed by atoms with Crippen LogP contribution in [-0.4, -0.2) is 25.2 Å². The Labute approximate surface area is 130 Å². The number of benzene rings is 1. The van der Waals surface area contributed by atoms with Crippen molar-refractivity contribution < 1.29 is 8.42 Å². The number of nitrogens with zero attached hydrogens (tertiary/aromatic N) is 2. The second kappa shape index (κ2) is 4.34. The maximum atomic E-state index is 12.5. The van der Waals surface area contributed by atoms with E-state index in [0.717, 1.165) is 9.99 Å². The maximum Gasteiger partial charge on any atom is 0.289 e. The lowest BCUT2D eigenvalue weighted by Crippen LogP contribution is -2.32. The normalized spacial score (nSPS) is 15.4. The summed E-state index contributed by atoms with van der Waals surface area (Å²) in [5.74, 6) is 0. The summed E-state index contributed by atoms with van der Waals surface area (Å²) in [5, 5.41) is 4.45. The molecule has 2 aromatic heterocycles. The zero-order chi connectivity index (χ0) is 15.5. The number of hydrogen-bond acceptors (Lipinski definition) is 4. The molecule has 0 saturated carbocycles. The highest BCUT2D eigenvalue weighted by Crippen LogP contribution is 2.44. The van der Waals surface area contributed by atoms with Crippen LogP contribution in [0, 0.1) is 0 Å². The molecular weight excluding hydrogens is 322 g/mol. The zero-order valence-electron chi connectivity index (χ0n) is 11.5. The third-order valence-corrected chi connectivity index (χ3v) is 6.54. The highest BCUT2D eigenvalue weighted by Gasteiger charge is 2.38. The van der Waals surface area contributed by atoms with Crippen molar-refractivity contribution in [1.82, 2.24) is 9.78 Å². The van der Waals surface area contributed by atoms with Gasteiger partial charge in [-0.25, -0.2) is 13.1 Å². The van der Waals surface area contributed by atoms with Crippen molar-refractivity contribution in [2.24, 2.45) is 0 Å². The Balaban J connectivity index is 2.13. The topological polar surface area (TPSA) is 75.2 Å². The van der Waals surface area contributed by atoms with E-state index >= 15 is 0 Å². The summed E-state index contributed by atoms with van der Waals surface area (Å²) in [6.45, 7) is 0. The van der Waals surface area contributed by atoms with Crippen molar-refractivity contribution in [2.45, 2.75) is 4.90 Å². The van der Waals surface area contributed by atoms with Crippen molar-refractivity contribution in [2.75, 3.05) is 11.4 Å². The van der Waals surface area contributed by atoms with Gasteiger partial charge in [-0.2, -0.15) is 0 Å². The molecule has 1 aliphatic rings. The van der Waals surface area contributed by atoms with Crippen LogP contribution in [0.2, 0.25) is 0 Å². The Morgan fingerprint density at radius 2 is 1.86 bits per heavy atom.